The standard InChI is InChI=1S/C45H36O18/c46-18-10-27(54)33-31(11-18)62-45(17-3-6-22(49)26(53)9-17)44(59)38(33)36-32(63-45)14-29(56)35-37(39(58)41(61-43(35)36)16-2-5-21(48)25(52)8-16)34-28(55)13-23(50)19-12-30(57)40(60-42(19)34)15-1-4-20(47)24(51)7-15/h1-11,13-14,30,37-41,44,46-59H,12H2/t30-,37-,38+,39-,40-,41-,44-,45+/m1/s1. The van der Waals surface area contributed by atoms with Gasteiger partial charge in [-0.05, 0) is 53.6 Å². The Balaban J connectivity index is 1.25. The fraction of sp³-hybridized carbons (Fsp3) is 0.200. The normalized spacial score (nSPS) is 25.2. The van der Waals surface area contributed by atoms with Gasteiger partial charge in [0.15, 0.2) is 40.6 Å². The van der Waals surface area contributed by atoms with Crippen LogP contribution in [0.25, 0.3) is 0 Å². The second kappa shape index (κ2) is 13.6. The van der Waals surface area contributed by atoms with Crippen LogP contribution in [-0.2, 0) is 12.2 Å². The maximum atomic E-state index is 12.5. The summed E-state index contributed by atoms with van der Waals surface area (Å²) < 4.78 is 25.6. The number of ether oxygens (including phenoxy) is 4. The van der Waals surface area contributed by atoms with E-state index in [1.807, 2.05) is 0 Å². The van der Waals surface area contributed by atoms with E-state index in [9.17, 15) is 71.5 Å². The summed E-state index contributed by atoms with van der Waals surface area (Å²) in [6, 6.07) is 14.8. The highest BCUT2D eigenvalue weighted by Gasteiger charge is 2.61. The number of hydrogen-bond acceptors (Lipinski definition) is 18. The lowest BCUT2D eigenvalue weighted by atomic mass is 9.71. The molecule has 324 valence electrons. The van der Waals surface area contributed by atoms with E-state index in [-0.39, 0.29) is 73.9 Å². The van der Waals surface area contributed by atoms with E-state index in [0.29, 0.717) is 0 Å². The first kappa shape index (κ1) is 39.3. The molecule has 8 atom stereocenters. The summed E-state index contributed by atoms with van der Waals surface area (Å²) in [5, 5.41) is 155. The Bertz CT molecular complexity index is 2910. The summed E-state index contributed by atoms with van der Waals surface area (Å²) in [7, 11) is 0. The van der Waals surface area contributed by atoms with Gasteiger partial charge in [0.05, 0.1) is 17.9 Å². The molecule has 63 heavy (non-hydrogen) atoms. The molecule has 4 aliphatic rings. The Morgan fingerprint density at radius 3 is 1.62 bits per heavy atom. The van der Waals surface area contributed by atoms with E-state index in [1.54, 1.807) is 0 Å². The molecule has 0 unspecified atom stereocenters. The van der Waals surface area contributed by atoms with Gasteiger partial charge in [-0.1, -0.05) is 12.1 Å². The van der Waals surface area contributed by atoms with Crippen LogP contribution in [0.5, 0.6) is 86.2 Å². The molecule has 0 aliphatic carbocycles. The van der Waals surface area contributed by atoms with Gasteiger partial charge < -0.3 is 90.4 Å². The molecule has 0 amide bonds. The maximum Gasteiger partial charge on any atom is 0.305 e. The Morgan fingerprint density at radius 1 is 0.444 bits per heavy atom. The van der Waals surface area contributed by atoms with Crippen molar-refractivity contribution in [2.75, 3.05) is 0 Å². The van der Waals surface area contributed by atoms with Crippen LogP contribution in [0.4, 0.5) is 0 Å². The molecular formula is C45H36O18. The molecule has 0 fully saturated rings. The quantitative estimate of drug-likeness (QED) is 0.110. The smallest absolute Gasteiger partial charge is 0.305 e. The van der Waals surface area contributed by atoms with Crippen LogP contribution >= 0.6 is 0 Å². The van der Waals surface area contributed by atoms with Gasteiger partial charge in [-0.3, -0.25) is 0 Å². The van der Waals surface area contributed by atoms with Crippen molar-refractivity contribution in [3.63, 3.8) is 0 Å². The molecule has 2 bridgehead atoms. The number of fused-ring (bicyclic) bond motifs is 9. The zero-order chi connectivity index (χ0) is 44.5. The molecule has 0 radical (unpaired) electrons. The number of aliphatic hydroxyl groups is 3. The third kappa shape index (κ3) is 5.68. The topological polar surface area (TPSA) is 320 Å². The lowest BCUT2D eigenvalue weighted by molar-refractivity contribution is -0.219. The number of aromatic hydroxyl groups is 11. The lowest BCUT2D eigenvalue weighted by Gasteiger charge is -2.51. The van der Waals surface area contributed by atoms with Crippen molar-refractivity contribution in [2.24, 2.45) is 0 Å². The monoisotopic (exact) mass is 864 g/mol. The zero-order valence-electron chi connectivity index (χ0n) is 32.1. The minimum Gasteiger partial charge on any atom is -0.508 e. The minimum absolute atomic E-state index is 0.0325. The van der Waals surface area contributed by atoms with E-state index in [2.05, 4.69) is 0 Å². The van der Waals surface area contributed by atoms with Crippen molar-refractivity contribution in [3.05, 3.63) is 123 Å². The number of benzene rings is 6. The SMILES string of the molecule is Oc1cc(O)c2c(c1)O[C@@]1(c3ccc(O)c(O)c3)Oc3cc(O)c4c(c3[C@H]2[C@H]1O)O[C@H](c1ccc(O)c(O)c1)[C@H](O)[C@@H]4c1c(O)cc(O)c2c1O[C@H](c1ccc(O)c(O)c1)[C@H](O)C2. The molecule has 4 heterocycles. The van der Waals surface area contributed by atoms with Crippen molar-refractivity contribution < 1.29 is 90.4 Å². The number of aliphatic hydroxyl groups excluding tert-OH is 3. The summed E-state index contributed by atoms with van der Waals surface area (Å²) in [6.07, 6.45) is -8.29. The van der Waals surface area contributed by atoms with Gasteiger partial charge in [0.2, 0.25) is 0 Å². The summed E-state index contributed by atoms with van der Waals surface area (Å²) in [5.41, 5.74) is -0.583. The van der Waals surface area contributed by atoms with Gasteiger partial charge >= 0.3 is 5.79 Å². The van der Waals surface area contributed by atoms with Crippen molar-refractivity contribution in [1.29, 1.82) is 0 Å². The fourth-order valence-electron chi connectivity index (χ4n) is 9.32. The van der Waals surface area contributed by atoms with Crippen LogP contribution in [0.15, 0.2) is 78.9 Å². The van der Waals surface area contributed by atoms with Gasteiger partial charge in [0.1, 0.15) is 70.1 Å². The summed E-state index contributed by atoms with van der Waals surface area (Å²) >= 11 is 0. The lowest BCUT2D eigenvalue weighted by Crippen LogP contribution is -2.57. The predicted octanol–water partition coefficient (Wildman–Crippen LogP) is 4.24. The van der Waals surface area contributed by atoms with Crippen molar-refractivity contribution in [1.82, 2.24) is 0 Å². The highest BCUT2D eigenvalue weighted by Crippen LogP contribution is 2.65. The largest absolute Gasteiger partial charge is 0.508 e. The molecule has 0 aromatic heterocycles. The predicted molar refractivity (Wildman–Crippen MR) is 212 cm³/mol. The van der Waals surface area contributed by atoms with Gasteiger partial charge in [-0.25, -0.2) is 0 Å². The summed E-state index contributed by atoms with van der Waals surface area (Å²) in [6.45, 7) is 0. The summed E-state index contributed by atoms with van der Waals surface area (Å²) in [5.74, 6) is -12.6. The van der Waals surface area contributed by atoms with Crippen molar-refractivity contribution in [2.45, 2.75) is 54.6 Å². The van der Waals surface area contributed by atoms with E-state index in [0.717, 1.165) is 60.7 Å². The van der Waals surface area contributed by atoms with E-state index in [4.69, 9.17) is 18.9 Å². The van der Waals surface area contributed by atoms with Gasteiger partial charge in [-0.15, -0.1) is 0 Å². The van der Waals surface area contributed by atoms with Crippen molar-refractivity contribution in [3.8, 4) is 86.2 Å². The molecule has 14 N–H and O–H groups in total. The molecule has 4 aliphatic heterocycles. The first-order chi connectivity index (χ1) is 30.0. The first-order valence-electron chi connectivity index (χ1n) is 19.3. The molecule has 18 nitrogen and oxygen atoms in total. The average Bonchev–Trinajstić information content (AvgIpc) is 3.22. The van der Waals surface area contributed by atoms with Crippen LogP contribution in [0.2, 0.25) is 0 Å². The van der Waals surface area contributed by atoms with Crippen LogP contribution in [-0.4, -0.2) is 89.8 Å². The van der Waals surface area contributed by atoms with Crippen LogP contribution in [0.3, 0.4) is 0 Å². The van der Waals surface area contributed by atoms with E-state index < -0.39 is 111 Å². The zero-order valence-corrected chi connectivity index (χ0v) is 32.1. The van der Waals surface area contributed by atoms with E-state index in [1.165, 1.54) is 18.2 Å². The molecule has 10 rings (SSSR count). The number of rotatable bonds is 4. The third-order valence-electron chi connectivity index (χ3n) is 12.2. The molecule has 6 aromatic rings. The van der Waals surface area contributed by atoms with Crippen LogP contribution in [0.1, 0.15) is 68.6 Å². The Hall–Kier alpha value is -7.80. The number of hydrogen-bond donors (Lipinski definition) is 14. The maximum absolute atomic E-state index is 12.5. The Kier molecular flexibility index (Phi) is 8.49. The van der Waals surface area contributed by atoms with Crippen LogP contribution in [0, 0.1) is 0 Å². The number of phenolic OH excluding ortho intramolecular Hbond substituents is 11. The highest BCUT2D eigenvalue weighted by molar-refractivity contribution is 5.72. The first-order valence-corrected chi connectivity index (χ1v) is 19.3. The molecule has 0 saturated heterocycles. The fourth-order valence-corrected chi connectivity index (χ4v) is 9.32. The second-order valence-corrected chi connectivity index (χ2v) is 15.9. The average molecular weight is 865 g/mol. The summed E-state index contributed by atoms with van der Waals surface area (Å²) in [4.78, 5) is 0. The third-order valence-corrected chi connectivity index (χ3v) is 12.2. The molecule has 6 aromatic carbocycles. The van der Waals surface area contributed by atoms with Gasteiger partial charge in [-0.2, -0.15) is 0 Å². The molecule has 18 heteroatoms. The Labute approximate surface area is 354 Å². The van der Waals surface area contributed by atoms with Gasteiger partial charge in [0, 0.05) is 64.1 Å². The molecular weight excluding hydrogens is 828 g/mol. The minimum atomic E-state index is -2.31. The van der Waals surface area contributed by atoms with Crippen LogP contribution < -0.4 is 18.9 Å². The highest BCUT2D eigenvalue weighted by atomic mass is 16.7. The van der Waals surface area contributed by atoms with Gasteiger partial charge in [0.25, 0.3) is 0 Å². The Morgan fingerprint density at radius 2 is 0.984 bits per heavy atom. The number of phenols is 11. The van der Waals surface area contributed by atoms with E-state index >= 15 is 0 Å². The second-order valence-electron chi connectivity index (χ2n) is 15.9. The van der Waals surface area contributed by atoms with Crippen molar-refractivity contribution >= 4 is 0 Å². The molecule has 0 saturated carbocycles. The molecule has 0 spiro atoms.